The van der Waals surface area contributed by atoms with Gasteiger partial charge in [0.2, 0.25) is 0 Å². The fraction of sp³-hybridized carbons (Fsp3) is 0.929. The van der Waals surface area contributed by atoms with Gasteiger partial charge in [-0.3, -0.25) is 0 Å². The molecule has 0 radical (unpaired) electrons. The normalized spacial score (nSPS) is 28.9. The molecule has 0 bridgehead atoms. The highest BCUT2D eigenvalue weighted by Crippen LogP contribution is 2.26. The SMILES string of the molecule is CC1CCN(C(=O)OC(C)(C)C)CC(N)(CCO)C1. The van der Waals surface area contributed by atoms with Crippen LogP contribution in [-0.2, 0) is 4.74 Å². The molecule has 1 aliphatic rings. The van der Waals surface area contributed by atoms with Gasteiger partial charge in [-0.1, -0.05) is 6.92 Å². The zero-order valence-corrected chi connectivity index (χ0v) is 12.6. The van der Waals surface area contributed by atoms with E-state index in [2.05, 4.69) is 6.92 Å². The van der Waals surface area contributed by atoms with E-state index in [1.54, 1.807) is 4.90 Å². The Kier molecular flexibility index (Phi) is 5.21. The largest absolute Gasteiger partial charge is 0.444 e. The maximum absolute atomic E-state index is 12.2. The third kappa shape index (κ3) is 5.37. The summed E-state index contributed by atoms with van der Waals surface area (Å²) in [6, 6.07) is 0. The molecule has 0 aromatic heterocycles. The highest BCUT2D eigenvalue weighted by Gasteiger charge is 2.35. The number of nitrogens with two attached hydrogens (primary N) is 1. The Morgan fingerprint density at radius 2 is 2.16 bits per heavy atom. The van der Waals surface area contributed by atoms with Crippen molar-refractivity contribution < 1.29 is 14.6 Å². The van der Waals surface area contributed by atoms with Crippen LogP contribution in [0.15, 0.2) is 0 Å². The molecule has 0 aliphatic carbocycles. The molecule has 5 heteroatoms. The molecule has 1 rings (SSSR count). The van der Waals surface area contributed by atoms with Gasteiger partial charge < -0.3 is 20.5 Å². The van der Waals surface area contributed by atoms with Gasteiger partial charge in [-0.2, -0.15) is 0 Å². The van der Waals surface area contributed by atoms with Gasteiger partial charge >= 0.3 is 6.09 Å². The Balaban J connectivity index is 2.75. The second kappa shape index (κ2) is 6.09. The lowest BCUT2D eigenvalue weighted by Crippen LogP contribution is -2.52. The summed E-state index contributed by atoms with van der Waals surface area (Å²) in [6.07, 6.45) is 1.95. The van der Waals surface area contributed by atoms with Gasteiger partial charge in [0.25, 0.3) is 0 Å². The third-order valence-corrected chi connectivity index (χ3v) is 3.41. The maximum atomic E-state index is 12.2. The molecule has 1 heterocycles. The molecule has 1 fully saturated rings. The lowest BCUT2D eigenvalue weighted by atomic mass is 9.86. The number of hydrogen-bond acceptors (Lipinski definition) is 4. The first kappa shape index (κ1) is 16.2. The minimum atomic E-state index is -0.512. The van der Waals surface area contributed by atoms with Crippen molar-refractivity contribution in [1.82, 2.24) is 4.90 Å². The zero-order chi connectivity index (χ0) is 14.7. The van der Waals surface area contributed by atoms with Crippen LogP contribution in [-0.4, -0.2) is 46.9 Å². The van der Waals surface area contributed by atoms with Crippen molar-refractivity contribution >= 4 is 6.09 Å². The number of aliphatic hydroxyl groups is 1. The molecule has 1 aliphatic heterocycles. The van der Waals surface area contributed by atoms with Crippen LogP contribution < -0.4 is 5.73 Å². The summed E-state index contributed by atoms with van der Waals surface area (Å²) in [6.45, 7) is 8.87. The molecule has 1 amide bonds. The molecule has 0 spiro atoms. The number of likely N-dealkylation sites (tertiary alicyclic amines) is 1. The first-order chi connectivity index (χ1) is 8.65. The summed E-state index contributed by atoms with van der Waals surface area (Å²) in [7, 11) is 0. The van der Waals surface area contributed by atoms with E-state index in [0.717, 1.165) is 12.8 Å². The number of hydrogen-bond donors (Lipinski definition) is 2. The standard InChI is InChI=1S/C14H28N2O3/c1-11-5-7-16(12(18)19-13(2,3)4)10-14(15,9-11)6-8-17/h11,17H,5-10,15H2,1-4H3. The monoisotopic (exact) mass is 272 g/mol. The minimum absolute atomic E-state index is 0.0470. The van der Waals surface area contributed by atoms with Crippen LogP contribution in [0.1, 0.15) is 47.0 Å². The van der Waals surface area contributed by atoms with E-state index in [0.29, 0.717) is 25.4 Å². The van der Waals surface area contributed by atoms with Crippen LogP contribution in [0, 0.1) is 5.92 Å². The van der Waals surface area contributed by atoms with Gasteiger partial charge in [0, 0.05) is 25.2 Å². The number of amides is 1. The van der Waals surface area contributed by atoms with Crippen LogP contribution in [0.5, 0.6) is 0 Å². The molecule has 19 heavy (non-hydrogen) atoms. The highest BCUT2D eigenvalue weighted by atomic mass is 16.6. The van der Waals surface area contributed by atoms with E-state index in [1.165, 1.54) is 0 Å². The topological polar surface area (TPSA) is 75.8 Å². The van der Waals surface area contributed by atoms with Crippen LogP contribution in [0.2, 0.25) is 0 Å². The maximum Gasteiger partial charge on any atom is 0.410 e. The highest BCUT2D eigenvalue weighted by molar-refractivity contribution is 5.68. The van der Waals surface area contributed by atoms with E-state index >= 15 is 0 Å². The van der Waals surface area contributed by atoms with Gasteiger partial charge in [-0.15, -0.1) is 0 Å². The molecule has 0 aromatic carbocycles. The number of aliphatic hydroxyl groups excluding tert-OH is 1. The van der Waals surface area contributed by atoms with E-state index in [1.807, 2.05) is 20.8 Å². The zero-order valence-electron chi connectivity index (χ0n) is 12.6. The predicted molar refractivity (Wildman–Crippen MR) is 74.8 cm³/mol. The number of carbonyl (C=O) groups is 1. The van der Waals surface area contributed by atoms with Crippen molar-refractivity contribution in [3.8, 4) is 0 Å². The van der Waals surface area contributed by atoms with Gasteiger partial charge in [-0.25, -0.2) is 4.79 Å². The smallest absolute Gasteiger partial charge is 0.410 e. The van der Waals surface area contributed by atoms with Crippen LogP contribution in [0.25, 0.3) is 0 Å². The molecule has 2 atom stereocenters. The molecule has 5 nitrogen and oxygen atoms in total. The van der Waals surface area contributed by atoms with Gasteiger partial charge in [-0.05, 0) is 46.0 Å². The van der Waals surface area contributed by atoms with Crippen molar-refractivity contribution in [3.05, 3.63) is 0 Å². The average molecular weight is 272 g/mol. The predicted octanol–water partition coefficient (Wildman–Crippen LogP) is 1.73. The Bertz CT molecular complexity index is 314. The van der Waals surface area contributed by atoms with Crippen molar-refractivity contribution in [2.45, 2.75) is 58.1 Å². The average Bonchev–Trinajstić information content (AvgIpc) is 2.35. The van der Waals surface area contributed by atoms with Crippen molar-refractivity contribution in [1.29, 1.82) is 0 Å². The summed E-state index contributed by atoms with van der Waals surface area (Å²) < 4.78 is 5.41. The lowest BCUT2D eigenvalue weighted by Gasteiger charge is -2.34. The van der Waals surface area contributed by atoms with Crippen LogP contribution in [0.4, 0.5) is 4.79 Å². The Hall–Kier alpha value is -0.810. The Morgan fingerprint density at radius 1 is 1.53 bits per heavy atom. The number of rotatable bonds is 2. The first-order valence-corrected chi connectivity index (χ1v) is 7.03. The summed E-state index contributed by atoms with van der Waals surface area (Å²) in [4.78, 5) is 13.8. The van der Waals surface area contributed by atoms with E-state index in [-0.39, 0.29) is 12.7 Å². The number of carbonyl (C=O) groups excluding carboxylic acids is 1. The molecular formula is C14H28N2O3. The second-order valence-electron chi connectivity index (χ2n) is 6.84. The van der Waals surface area contributed by atoms with Gasteiger partial charge in [0.05, 0.1) is 0 Å². The lowest BCUT2D eigenvalue weighted by molar-refractivity contribution is 0.0213. The molecular weight excluding hydrogens is 244 g/mol. The molecule has 1 saturated heterocycles. The fourth-order valence-electron chi connectivity index (χ4n) is 2.58. The minimum Gasteiger partial charge on any atom is -0.444 e. The third-order valence-electron chi connectivity index (χ3n) is 3.41. The fourth-order valence-corrected chi connectivity index (χ4v) is 2.58. The summed E-state index contributed by atoms with van der Waals surface area (Å²) in [5, 5.41) is 9.16. The van der Waals surface area contributed by atoms with Gasteiger partial charge in [0.15, 0.2) is 0 Å². The van der Waals surface area contributed by atoms with Crippen molar-refractivity contribution in [2.75, 3.05) is 19.7 Å². The summed E-state index contributed by atoms with van der Waals surface area (Å²) >= 11 is 0. The molecule has 3 N–H and O–H groups in total. The van der Waals surface area contributed by atoms with Crippen molar-refractivity contribution in [2.24, 2.45) is 11.7 Å². The van der Waals surface area contributed by atoms with E-state index < -0.39 is 11.1 Å². The number of nitrogens with zero attached hydrogens (tertiary/aromatic N) is 1. The molecule has 112 valence electrons. The first-order valence-electron chi connectivity index (χ1n) is 7.03. The Morgan fingerprint density at radius 3 is 2.68 bits per heavy atom. The van der Waals surface area contributed by atoms with E-state index in [4.69, 9.17) is 15.6 Å². The molecule has 2 unspecified atom stereocenters. The van der Waals surface area contributed by atoms with Gasteiger partial charge in [0.1, 0.15) is 5.60 Å². The molecule has 0 saturated carbocycles. The number of ether oxygens (including phenoxy) is 1. The molecule has 0 aromatic rings. The van der Waals surface area contributed by atoms with Crippen LogP contribution >= 0.6 is 0 Å². The van der Waals surface area contributed by atoms with Crippen LogP contribution in [0.3, 0.4) is 0 Å². The van der Waals surface area contributed by atoms with Crippen molar-refractivity contribution in [3.63, 3.8) is 0 Å². The quantitative estimate of drug-likeness (QED) is 0.802. The second-order valence-corrected chi connectivity index (χ2v) is 6.84. The summed E-state index contributed by atoms with van der Waals surface area (Å²) in [5.41, 5.74) is 5.33. The Labute approximate surface area is 116 Å². The van der Waals surface area contributed by atoms with E-state index in [9.17, 15) is 4.79 Å². The summed E-state index contributed by atoms with van der Waals surface area (Å²) in [5.74, 6) is 0.448.